The second-order valence-corrected chi connectivity index (χ2v) is 11.3. The molecule has 2 aliphatic heterocycles. The predicted molar refractivity (Wildman–Crippen MR) is 167 cm³/mol. The quantitative estimate of drug-likeness (QED) is 0.283. The Kier molecular flexibility index (Phi) is 9.49. The third kappa shape index (κ3) is 6.40. The standard InChI is InChI=1S/C33H38FN5O6/c1-18-21(20-14-25(34)24(29(15-20)44-5)16-35-27-12-13-45-17-28(27)40)8-6-9-22(18)23-10-7-11-26(19(23)2)36-31(41)30-32(42)38(3)33(43)39(4)37-30/h6-11,14-15,27-28,30,35,37,40H,12-13,16-17H2,1-5H3,(H,36,41)/t27-,28+,30?/m1/s1. The molecule has 2 fully saturated rings. The van der Waals surface area contributed by atoms with Gasteiger partial charge in [0.25, 0.3) is 11.8 Å². The number of anilines is 1. The molecule has 0 radical (unpaired) electrons. The van der Waals surface area contributed by atoms with E-state index in [1.165, 1.54) is 27.3 Å². The smallest absolute Gasteiger partial charge is 0.340 e. The molecule has 12 heteroatoms. The minimum absolute atomic E-state index is 0.193. The summed E-state index contributed by atoms with van der Waals surface area (Å²) >= 11 is 0. The molecule has 11 nitrogen and oxygen atoms in total. The van der Waals surface area contributed by atoms with Crippen LogP contribution < -0.4 is 20.8 Å². The Morgan fingerprint density at radius 3 is 2.49 bits per heavy atom. The van der Waals surface area contributed by atoms with E-state index in [-0.39, 0.29) is 19.2 Å². The van der Waals surface area contributed by atoms with Gasteiger partial charge in [0.05, 0.1) is 19.8 Å². The Balaban J connectivity index is 1.41. The van der Waals surface area contributed by atoms with Crippen LogP contribution >= 0.6 is 0 Å². The lowest BCUT2D eigenvalue weighted by Crippen LogP contribution is -2.66. The zero-order valence-corrected chi connectivity index (χ0v) is 25.9. The first-order valence-electron chi connectivity index (χ1n) is 14.7. The number of halogens is 1. The second-order valence-electron chi connectivity index (χ2n) is 11.3. The third-order valence-electron chi connectivity index (χ3n) is 8.50. The molecule has 0 spiro atoms. The van der Waals surface area contributed by atoms with Gasteiger partial charge in [-0.3, -0.25) is 19.5 Å². The predicted octanol–water partition coefficient (Wildman–Crippen LogP) is 3.36. The molecule has 3 aromatic rings. The molecule has 3 aromatic carbocycles. The first kappa shape index (κ1) is 32.0. The lowest BCUT2D eigenvalue weighted by Gasteiger charge is -2.34. The number of carbonyl (C=O) groups excluding carboxylic acids is 3. The number of nitrogens with zero attached hydrogens (tertiary/aromatic N) is 2. The number of hydrazine groups is 1. The average Bonchev–Trinajstić information content (AvgIpc) is 3.02. The summed E-state index contributed by atoms with van der Waals surface area (Å²) < 4.78 is 26.5. The number of aliphatic hydroxyl groups is 1. The molecule has 5 rings (SSSR count). The van der Waals surface area contributed by atoms with Crippen LogP contribution in [-0.2, 0) is 20.9 Å². The summed E-state index contributed by atoms with van der Waals surface area (Å²) in [6.45, 7) is 4.80. The maximum atomic E-state index is 15.6. The number of ether oxygens (including phenoxy) is 2. The normalized spacial score (nSPS) is 20.4. The maximum absolute atomic E-state index is 15.6. The van der Waals surface area contributed by atoms with Gasteiger partial charge in [0, 0.05) is 44.5 Å². The van der Waals surface area contributed by atoms with Crippen LogP contribution in [0.25, 0.3) is 22.3 Å². The number of imide groups is 1. The van der Waals surface area contributed by atoms with E-state index in [0.717, 1.165) is 37.7 Å². The van der Waals surface area contributed by atoms with Gasteiger partial charge in [-0.2, -0.15) is 0 Å². The largest absolute Gasteiger partial charge is 0.496 e. The first-order chi connectivity index (χ1) is 21.5. The van der Waals surface area contributed by atoms with Crippen molar-refractivity contribution < 1.29 is 33.4 Å². The third-order valence-corrected chi connectivity index (χ3v) is 8.50. The highest BCUT2D eigenvalue weighted by molar-refractivity contribution is 6.15. The molecule has 3 atom stereocenters. The van der Waals surface area contributed by atoms with Gasteiger partial charge in [-0.05, 0) is 71.8 Å². The van der Waals surface area contributed by atoms with E-state index < -0.39 is 35.8 Å². The summed E-state index contributed by atoms with van der Waals surface area (Å²) in [4.78, 5) is 38.7. The molecular formula is C33H38FN5O6. The van der Waals surface area contributed by atoms with Crippen LogP contribution in [0, 0.1) is 19.7 Å². The first-order valence-corrected chi connectivity index (χ1v) is 14.7. The van der Waals surface area contributed by atoms with Crippen molar-refractivity contribution in [2.75, 3.05) is 39.7 Å². The molecule has 1 unspecified atom stereocenters. The highest BCUT2D eigenvalue weighted by Gasteiger charge is 2.39. The molecule has 0 aromatic heterocycles. The van der Waals surface area contributed by atoms with Gasteiger partial charge < -0.3 is 25.2 Å². The van der Waals surface area contributed by atoms with Gasteiger partial charge >= 0.3 is 6.03 Å². The van der Waals surface area contributed by atoms with Crippen molar-refractivity contribution in [1.29, 1.82) is 0 Å². The Morgan fingerprint density at radius 2 is 1.78 bits per heavy atom. The van der Waals surface area contributed by atoms with Crippen LogP contribution in [0.1, 0.15) is 23.1 Å². The number of urea groups is 1. The van der Waals surface area contributed by atoms with Crippen molar-refractivity contribution in [2.24, 2.45) is 0 Å². The molecule has 4 amide bonds. The van der Waals surface area contributed by atoms with Gasteiger partial charge in [0.15, 0.2) is 6.04 Å². The SMILES string of the molecule is COc1cc(-c2cccc(-c3cccc(NC(=O)C4NN(C)C(=O)N(C)C4=O)c3C)c2C)cc(F)c1CN[C@@H]1CCOC[C@@H]1O. The van der Waals surface area contributed by atoms with Crippen molar-refractivity contribution in [2.45, 2.75) is 45.0 Å². The van der Waals surface area contributed by atoms with E-state index in [9.17, 15) is 19.5 Å². The average molecular weight is 620 g/mol. The summed E-state index contributed by atoms with van der Waals surface area (Å²) in [5.41, 5.74) is 8.38. The van der Waals surface area contributed by atoms with E-state index in [1.807, 2.05) is 50.2 Å². The lowest BCUT2D eigenvalue weighted by atomic mass is 9.90. The number of hydrogen-bond donors (Lipinski definition) is 4. The zero-order chi connectivity index (χ0) is 32.4. The molecule has 45 heavy (non-hydrogen) atoms. The fraction of sp³-hybridized carbons (Fsp3) is 0.364. The van der Waals surface area contributed by atoms with Crippen molar-refractivity contribution >= 4 is 23.5 Å². The summed E-state index contributed by atoms with van der Waals surface area (Å²) in [5, 5.41) is 17.4. The molecule has 238 valence electrons. The van der Waals surface area contributed by atoms with E-state index in [4.69, 9.17) is 9.47 Å². The fourth-order valence-corrected chi connectivity index (χ4v) is 5.81. The van der Waals surface area contributed by atoms with Crippen LogP contribution in [0.2, 0.25) is 0 Å². The number of carbonyl (C=O) groups is 3. The second kappa shape index (κ2) is 13.3. The monoisotopic (exact) mass is 619 g/mol. The maximum Gasteiger partial charge on any atom is 0.340 e. The van der Waals surface area contributed by atoms with E-state index >= 15 is 4.39 Å². The van der Waals surface area contributed by atoms with E-state index in [2.05, 4.69) is 16.1 Å². The Labute approximate surface area is 261 Å². The lowest BCUT2D eigenvalue weighted by molar-refractivity contribution is -0.139. The fourth-order valence-electron chi connectivity index (χ4n) is 5.81. The molecule has 0 aliphatic carbocycles. The summed E-state index contributed by atoms with van der Waals surface area (Å²) in [6, 6.07) is 12.5. The summed E-state index contributed by atoms with van der Waals surface area (Å²) in [5.74, 6) is -1.28. The molecule has 0 saturated carbocycles. The van der Waals surface area contributed by atoms with Gasteiger partial charge in [-0.1, -0.05) is 30.3 Å². The van der Waals surface area contributed by atoms with Gasteiger partial charge in [-0.25, -0.2) is 14.6 Å². The number of hydrogen-bond acceptors (Lipinski definition) is 8. The zero-order valence-electron chi connectivity index (χ0n) is 25.9. The number of aliphatic hydroxyl groups excluding tert-OH is 1. The number of rotatable bonds is 8. The highest BCUT2D eigenvalue weighted by atomic mass is 19.1. The van der Waals surface area contributed by atoms with Crippen molar-refractivity contribution in [1.82, 2.24) is 20.7 Å². The molecule has 2 saturated heterocycles. The van der Waals surface area contributed by atoms with Crippen molar-refractivity contribution in [3.05, 3.63) is 71.0 Å². The number of likely N-dealkylation sites (N-methyl/N-ethyl adjacent to an activating group) is 1. The Bertz CT molecular complexity index is 1630. The van der Waals surface area contributed by atoms with E-state index in [0.29, 0.717) is 35.6 Å². The van der Waals surface area contributed by atoms with Crippen LogP contribution in [0.15, 0.2) is 48.5 Å². The van der Waals surface area contributed by atoms with Crippen molar-refractivity contribution in [3.63, 3.8) is 0 Å². The number of amides is 4. The van der Waals surface area contributed by atoms with Crippen molar-refractivity contribution in [3.8, 4) is 28.0 Å². The Hall–Kier alpha value is -4.36. The van der Waals surface area contributed by atoms with Gasteiger partial charge in [0.1, 0.15) is 11.6 Å². The molecule has 4 N–H and O–H groups in total. The molecule has 0 bridgehead atoms. The Morgan fingerprint density at radius 1 is 1.09 bits per heavy atom. The van der Waals surface area contributed by atoms with Crippen LogP contribution in [0.5, 0.6) is 5.75 Å². The van der Waals surface area contributed by atoms with Gasteiger partial charge in [0.2, 0.25) is 0 Å². The minimum atomic E-state index is -1.27. The number of benzene rings is 3. The van der Waals surface area contributed by atoms with Crippen LogP contribution in [0.3, 0.4) is 0 Å². The molecule has 2 heterocycles. The topological polar surface area (TPSA) is 132 Å². The molecule has 2 aliphatic rings. The van der Waals surface area contributed by atoms with Gasteiger partial charge in [-0.15, -0.1) is 0 Å². The minimum Gasteiger partial charge on any atom is -0.496 e. The summed E-state index contributed by atoms with van der Waals surface area (Å²) in [7, 11) is 4.27. The number of nitrogens with one attached hydrogen (secondary N) is 3. The molecular weight excluding hydrogens is 581 g/mol. The summed E-state index contributed by atoms with van der Waals surface area (Å²) in [6.07, 6.45) is -0.0293. The van der Waals surface area contributed by atoms with Crippen LogP contribution in [-0.4, -0.2) is 85.5 Å². The number of methoxy groups -OCH3 is 1. The van der Waals surface area contributed by atoms with E-state index in [1.54, 1.807) is 6.07 Å². The highest BCUT2D eigenvalue weighted by Crippen LogP contribution is 2.38. The van der Waals surface area contributed by atoms with Crippen LogP contribution in [0.4, 0.5) is 14.9 Å².